The largest absolute Gasteiger partial charge is 0.478 e. The van der Waals surface area contributed by atoms with Gasteiger partial charge in [-0.2, -0.15) is 5.10 Å². The third kappa shape index (κ3) is 2.18. The van der Waals surface area contributed by atoms with Crippen molar-refractivity contribution < 1.29 is 9.90 Å². The lowest BCUT2D eigenvalue weighted by Gasteiger charge is -2.07. The van der Waals surface area contributed by atoms with Crippen molar-refractivity contribution in [3.63, 3.8) is 0 Å². The SMILES string of the molecule is Cc1nn(-c2cc(Br)cc(C(=O)O)c2)c(C)c1C. The maximum absolute atomic E-state index is 11.0. The second-order valence-electron chi connectivity index (χ2n) is 4.21. The van der Waals surface area contributed by atoms with E-state index in [1.165, 1.54) is 0 Å². The molecule has 0 aliphatic carbocycles. The van der Waals surface area contributed by atoms with E-state index in [0.717, 1.165) is 27.1 Å². The van der Waals surface area contributed by atoms with Gasteiger partial charge >= 0.3 is 5.97 Å². The van der Waals surface area contributed by atoms with Crippen molar-refractivity contribution in [1.82, 2.24) is 9.78 Å². The molecule has 0 atom stereocenters. The van der Waals surface area contributed by atoms with Crippen LogP contribution >= 0.6 is 15.9 Å². The Morgan fingerprint density at radius 2 is 1.94 bits per heavy atom. The van der Waals surface area contributed by atoms with Crippen LogP contribution in [0, 0.1) is 20.8 Å². The molecule has 0 unspecified atom stereocenters. The fraction of sp³-hybridized carbons (Fsp3) is 0.231. The fourth-order valence-corrected chi connectivity index (χ4v) is 2.27. The van der Waals surface area contributed by atoms with Gasteiger partial charge in [-0.1, -0.05) is 15.9 Å². The molecule has 4 nitrogen and oxygen atoms in total. The number of aryl methyl sites for hydroxylation is 1. The van der Waals surface area contributed by atoms with Crippen LogP contribution in [-0.4, -0.2) is 20.9 Å². The lowest BCUT2D eigenvalue weighted by Crippen LogP contribution is -2.03. The molecule has 0 saturated heterocycles. The third-order valence-corrected chi connectivity index (χ3v) is 3.49. The number of aromatic carboxylic acids is 1. The highest BCUT2D eigenvalue weighted by Gasteiger charge is 2.12. The average molecular weight is 309 g/mol. The van der Waals surface area contributed by atoms with Gasteiger partial charge in [0, 0.05) is 10.2 Å². The molecule has 0 radical (unpaired) electrons. The first-order chi connectivity index (χ1) is 8.40. The number of carboxylic acids is 1. The number of carboxylic acid groups (broad SMARTS) is 1. The Morgan fingerprint density at radius 1 is 1.28 bits per heavy atom. The van der Waals surface area contributed by atoms with Gasteiger partial charge in [0.25, 0.3) is 0 Å². The number of hydrogen-bond donors (Lipinski definition) is 1. The highest BCUT2D eigenvalue weighted by atomic mass is 79.9. The molecule has 1 aromatic carbocycles. The molecule has 5 heteroatoms. The monoisotopic (exact) mass is 308 g/mol. The zero-order valence-corrected chi connectivity index (χ0v) is 11.9. The summed E-state index contributed by atoms with van der Waals surface area (Å²) in [6.45, 7) is 5.91. The molecule has 18 heavy (non-hydrogen) atoms. The average Bonchev–Trinajstić information content (AvgIpc) is 2.56. The highest BCUT2D eigenvalue weighted by molar-refractivity contribution is 9.10. The van der Waals surface area contributed by atoms with Gasteiger partial charge in [0.1, 0.15) is 0 Å². The number of aromatic nitrogens is 2. The summed E-state index contributed by atoms with van der Waals surface area (Å²) in [6.07, 6.45) is 0. The summed E-state index contributed by atoms with van der Waals surface area (Å²) < 4.78 is 2.49. The molecule has 0 bridgehead atoms. The number of hydrogen-bond acceptors (Lipinski definition) is 2. The van der Waals surface area contributed by atoms with E-state index in [2.05, 4.69) is 21.0 Å². The molecule has 0 aliphatic heterocycles. The molecule has 2 aromatic rings. The summed E-state index contributed by atoms with van der Waals surface area (Å²) in [5.74, 6) is -0.948. The van der Waals surface area contributed by atoms with Crippen molar-refractivity contribution in [3.05, 3.63) is 45.2 Å². The molecule has 0 aliphatic rings. The predicted octanol–water partition coefficient (Wildman–Crippen LogP) is 3.26. The zero-order chi connectivity index (χ0) is 13.4. The normalized spacial score (nSPS) is 10.7. The quantitative estimate of drug-likeness (QED) is 0.926. The van der Waals surface area contributed by atoms with Crippen LogP contribution in [-0.2, 0) is 0 Å². The Labute approximate surface area is 113 Å². The van der Waals surface area contributed by atoms with E-state index in [9.17, 15) is 4.79 Å². The van der Waals surface area contributed by atoms with E-state index in [1.807, 2.05) is 26.8 Å². The fourth-order valence-electron chi connectivity index (χ4n) is 1.79. The van der Waals surface area contributed by atoms with E-state index < -0.39 is 5.97 Å². The van der Waals surface area contributed by atoms with Gasteiger partial charge in [0.15, 0.2) is 0 Å². The van der Waals surface area contributed by atoms with Crippen molar-refractivity contribution in [2.45, 2.75) is 20.8 Å². The van der Waals surface area contributed by atoms with E-state index in [4.69, 9.17) is 5.11 Å². The van der Waals surface area contributed by atoms with Gasteiger partial charge in [-0.15, -0.1) is 0 Å². The highest BCUT2D eigenvalue weighted by Crippen LogP contribution is 2.22. The Bertz CT molecular complexity index is 632. The van der Waals surface area contributed by atoms with Gasteiger partial charge in [-0.25, -0.2) is 9.48 Å². The third-order valence-electron chi connectivity index (χ3n) is 3.03. The van der Waals surface area contributed by atoms with Gasteiger partial charge in [-0.3, -0.25) is 0 Å². The Hall–Kier alpha value is -1.62. The Kier molecular flexibility index (Phi) is 3.26. The number of benzene rings is 1. The predicted molar refractivity (Wildman–Crippen MR) is 72.4 cm³/mol. The zero-order valence-electron chi connectivity index (χ0n) is 10.4. The van der Waals surface area contributed by atoms with Gasteiger partial charge < -0.3 is 5.11 Å². The van der Waals surface area contributed by atoms with Crippen LogP contribution in [0.15, 0.2) is 22.7 Å². The summed E-state index contributed by atoms with van der Waals surface area (Å²) in [5, 5.41) is 13.5. The first-order valence-electron chi connectivity index (χ1n) is 5.47. The maximum Gasteiger partial charge on any atom is 0.335 e. The minimum absolute atomic E-state index is 0.240. The van der Waals surface area contributed by atoms with Gasteiger partial charge in [0.05, 0.1) is 16.9 Å². The van der Waals surface area contributed by atoms with Crippen molar-refractivity contribution >= 4 is 21.9 Å². The van der Waals surface area contributed by atoms with Crippen molar-refractivity contribution in [3.8, 4) is 5.69 Å². The summed E-state index contributed by atoms with van der Waals surface area (Å²) >= 11 is 3.32. The van der Waals surface area contributed by atoms with Crippen LogP contribution in [0.1, 0.15) is 27.3 Å². The summed E-state index contributed by atoms with van der Waals surface area (Å²) in [5.41, 5.74) is 4.07. The summed E-state index contributed by atoms with van der Waals surface area (Å²) in [6, 6.07) is 5.04. The Morgan fingerprint density at radius 3 is 2.44 bits per heavy atom. The van der Waals surface area contributed by atoms with E-state index in [0.29, 0.717) is 0 Å². The molecule has 0 saturated carbocycles. The number of carbonyl (C=O) groups is 1. The van der Waals surface area contributed by atoms with Crippen molar-refractivity contribution in [2.24, 2.45) is 0 Å². The molecule has 0 fully saturated rings. The first-order valence-corrected chi connectivity index (χ1v) is 6.26. The molecule has 1 aromatic heterocycles. The second kappa shape index (κ2) is 4.57. The topological polar surface area (TPSA) is 55.1 Å². The van der Waals surface area contributed by atoms with Crippen LogP contribution < -0.4 is 0 Å². The Balaban J connectivity index is 2.63. The van der Waals surface area contributed by atoms with Crippen LogP contribution in [0.25, 0.3) is 5.69 Å². The molecule has 1 N–H and O–H groups in total. The van der Waals surface area contributed by atoms with Crippen LogP contribution in [0.4, 0.5) is 0 Å². The van der Waals surface area contributed by atoms with Crippen molar-refractivity contribution in [1.29, 1.82) is 0 Å². The molecule has 94 valence electrons. The molecule has 0 spiro atoms. The van der Waals surface area contributed by atoms with Crippen LogP contribution in [0.5, 0.6) is 0 Å². The van der Waals surface area contributed by atoms with E-state index in [-0.39, 0.29) is 5.56 Å². The molecule has 0 amide bonds. The number of nitrogens with zero attached hydrogens (tertiary/aromatic N) is 2. The van der Waals surface area contributed by atoms with Crippen LogP contribution in [0.2, 0.25) is 0 Å². The van der Waals surface area contributed by atoms with E-state index in [1.54, 1.807) is 16.8 Å². The molecular weight excluding hydrogens is 296 g/mol. The minimum Gasteiger partial charge on any atom is -0.478 e. The molecule has 2 rings (SSSR count). The van der Waals surface area contributed by atoms with E-state index >= 15 is 0 Å². The van der Waals surface area contributed by atoms with Gasteiger partial charge in [0.2, 0.25) is 0 Å². The number of halogens is 1. The van der Waals surface area contributed by atoms with Crippen LogP contribution in [0.3, 0.4) is 0 Å². The lowest BCUT2D eigenvalue weighted by atomic mass is 10.2. The maximum atomic E-state index is 11.0. The minimum atomic E-state index is -0.948. The molecular formula is C13H13BrN2O2. The second-order valence-corrected chi connectivity index (χ2v) is 5.13. The summed E-state index contributed by atoms with van der Waals surface area (Å²) in [4.78, 5) is 11.0. The smallest absolute Gasteiger partial charge is 0.335 e. The lowest BCUT2D eigenvalue weighted by molar-refractivity contribution is 0.0696. The van der Waals surface area contributed by atoms with Crippen molar-refractivity contribution in [2.75, 3.05) is 0 Å². The van der Waals surface area contributed by atoms with Gasteiger partial charge in [-0.05, 0) is 44.5 Å². The standard InChI is InChI=1S/C13H13BrN2O2/c1-7-8(2)15-16(9(7)3)12-5-10(13(17)18)4-11(14)6-12/h4-6H,1-3H3,(H,17,18). The summed E-state index contributed by atoms with van der Waals surface area (Å²) in [7, 11) is 0. The number of rotatable bonds is 2. The molecule has 1 heterocycles. The first kappa shape index (κ1) is 12.8.